The van der Waals surface area contributed by atoms with Crippen LogP contribution in [0.25, 0.3) is 0 Å². The molecule has 0 fully saturated rings. The predicted octanol–water partition coefficient (Wildman–Crippen LogP) is 3.28. The molecule has 14 heavy (non-hydrogen) atoms. The van der Waals surface area contributed by atoms with E-state index in [1.54, 1.807) is 0 Å². The first-order valence-corrected chi connectivity index (χ1v) is 6.18. The van der Waals surface area contributed by atoms with Crippen LogP contribution in [0.1, 0.15) is 29.7 Å². The Kier molecular flexibility index (Phi) is 2.78. The van der Waals surface area contributed by atoms with E-state index < -0.39 is 0 Å². The first-order chi connectivity index (χ1) is 6.59. The molecule has 0 radical (unpaired) electrons. The zero-order chi connectivity index (χ0) is 10.3. The SMILES string of the molecule is Cc1cc(Cl)c2c(c1)C(N)C(C)SC2. The second kappa shape index (κ2) is 3.76. The molecule has 3 heteroatoms. The molecule has 0 saturated carbocycles. The number of nitrogens with two attached hydrogens (primary N) is 1. The van der Waals surface area contributed by atoms with Crippen molar-refractivity contribution in [2.24, 2.45) is 5.73 Å². The fraction of sp³-hybridized carbons (Fsp3) is 0.455. The molecule has 0 bridgehead atoms. The van der Waals surface area contributed by atoms with Crippen molar-refractivity contribution in [2.45, 2.75) is 30.9 Å². The molecule has 1 aliphatic rings. The van der Waals surface area contributed by atoms with E-state index in [2.05, 4.69) is 19.9 Å². The molecular weight excluding hydrogens is 214 g/mol. The third-order valence-corrected chi connectivity index (χ3v) is 4.34. The Bertz CT molecular complexity index is 365. The standard InChI is InChI=1S/C11H14ClNS/c1-6-3-8-9(10(12)4-6)5-14-7(2)11(8)13/h3-4,7,11H,5,13H2,1-2H3. The maximum atomic E-state index is 6.19. The molecule has 2 rings (SSSR count). The van der Waals surface area contributed by atoms with Gasteiger partial charge in [0.05, 0.1) is 0 Å². The summed E-state index contributed by atoms with van der Waals surface area (Å²) < 4.78 is 0. The lowest BCUT2D eigenvalue weighted by atomic mass is 9.97. The second-order valence-electron chi connectivity index (χ2n) is 3.86. The Hall–Kier alpha value is -0.180. The lowest BCUT2D eigenvalue weighted by molar-refractivity contribution is 0.698. The molecule has 0 aliphatic carbocycles. The number of halogens is 1. The number of rotatable bonds is 0. The molecule has 1 heterocycles. The molecule has 0 aromatic heterocycles. The van der Waals surface area contributed by atoms with Gasteiger partial charge in [0, 0.05) is 22.1 Å². The number of hydrogen-bond donors (Lipinski definition) is 1. The Balaban J connectivity index is 2.54. The smallest absolute Gasteiger partial charge is 0.0452 e. The molecule has 0 saturated heterocycles. The maximum absolute atomic E-state index is 6.19. The van der Waals surface area contributed by atoms with Gasteiger partial charge in [0.25, 0.3) is 0 Å². The fourth-order valence-corrected chi connectivity index (χ4v) is 3.35. The minimum atomic E-state index is 0.126. The highest BCUT2D eigenvalue weighted by molar-refractivity contribution is 7.99. The predicted molar refractivity (Wildman–Crippen MR) is 63.9 cm³/mol. The van der Waals surface area contributed by atoms with Crippen molar-refractivity contribution in [1.29, 1.82) is 0 Å². The lowest BCUT2D eigenvalue weighted by Crippen LogP contribution is -2.26. The van der Waals surface area contributed by atoms with Gasteiger partial charge in [-0.05, 0) is 29.7 Å². The highest BCUT2D eigenvalue weighted by Crippen LogP contribution is 2.39. The second-order valence-corrected chi connectivity index (χ2v) is 5.63. The topological polar surface area (TPSA) is 26.0 Å². The van der Waals surface area contributed by atoms with Crippen molar-refractivity contribution in [1.82, 2.24) is 0 Å². The van der Waals surface area contributed by atoms with Crippen LogP contribution in [0.2, 0.25) is 5.02 Å². The molecule has 1 aromatic carbocycles. The molecule has 1 nitrogen and oxygen atoms in total. The van der Waals surface area contributed by atoms with Gasteiger partial charge < -0.3 is 5.73 Å². The van der Waals surface area contributed by atoms with E-state index in [0.717, 1.165) is 10.8 Å². The van der Waals surface area contributed by atoms with Crippen LogP contribution in [0.5, 0.6) is 0 Å². The monoisotopic (exact) mass is 227 g/mol. The van der Waals surface area contributed by atoms with E-state index in [1.807, 2.05) is 17.8 Å². The maximum Gasteiger partial charge on any atom is 0.0452 e. The van der Waals surface area contributed by atoms with Crippen LogP contribution in [-0.2, 0) is 5.75 Å². The number of aryl methyl sites for hydroxylation is 1. The van der Waals surface area contributed by atoms with Crippen LogP contribution in [0.4, 0.5) is 0 Å². The van der Waals surface area contributed by atoms with Crippen LogP contribution in [0.3, 0.4) is 0 Å². The highest BCUT2D eigenvalue weighted by atomic mass is 35.5. The van der Waals surface area contributed by atoms with Crippen LogP contribution >= 0.6 is 23.4 Å². The van der Waals surface area contributed by atoms with Gasteiger partial charge in [0.15, 0.2) is 0 Å². The number of benzene rings is 1. The summed E-state index contributed by atoms with van der Waals surface area (Å²) in [6, 6.07) is 4.31. The zero-order valence-corrected chi connectivity index (χ0v) is 9.95. The largest absolute Gasteiger partial charge is 0.323 e. The summed E-state index contributed by atoms with van der Waals surface area (Å²) >= 11 is 8.07. The van der Waals surface area contributed by atoms with Gasteiger partial charge >= 0.3 is 0 Å². The summed E-state index contributed by atoms with van der Waals surface area (Å²) in [6.45, 7) is 4.24. The van der Waals surface area contributed by atoms with Gasteiger partial charge in [-0.2, -0.15) is 11.8 Å². The molecule has 2 unspecified atom stereocenters. The number of hydrogen-bond acceptors (Lipinski definition) is 2. The Morgan fingerprint density at radius 1 is 1.50 bits per heavy atom. The summed E-state index contributed by atoms with van der Waals surface area (Å²) in [5.74, 6) is 0.989. The normalized spacial score (nSPS) is 26.0. The zero-order valence-electron chi connectivity index (χ0n) is 8.38. The van der Waals surface area contributed by atoms with Gasteiger partial charge in [-0.25, -0.2) is 0 Å². The van der Waals surface area contributed by atoms with E-state index >= 15 is 0 Å². The average Bonchev–Trinajstić information content (AvgIpc) is 2.12. The van der Waals surface area contributed by atoms with E-state index in [1.165, 1.54) is 16.7 Å². The van der Waals surface area contributed by atoms with E-state index in [4.69, 9.17) is 17.3 Å². The van der Waals surface area contributed by atoms with Crippen molar-refractivity contribution in [3.05, 3.63) is 33.8 Å². The van der Waals surface area contributed by atoms with Gasteiger partial charge in [0.1, 0.15) is 0 Å². The van der Waals surface area contributed by atoms with Crippen LogP contribution in [0.15, 0.2) is 12.1 Å². The minimum absolute atomic E-state index is 0.126. The average molecular weight is 228 g/mol. The summed E-state index contributed by atoms with van der Waals surface area (Å²) in [5, 5.41) is 1.36. The van der Waals surface area contributed by atoms with Gasteiger partial charge in [-0.1, -0.05) is 24.6 Å². The molecule has 76 valence electrons. The van der Waals surface area contributed by atoms with E-state index in [-0.39, 0.29) is 6.04 Å². The van der Waals surface area contributed by atoms with Crippen molar-refractivity contribution in [3.63, 3.8) is 0 Å². The van der Waals surface area contributed by atoms with Crippen LogP contribution in [0, 0.1) is 6.92 Å². The fourth-order valence-electron chi connectivity index (χ4n) is 1.82. The highest BCUT2D eigenvalue weighted by Gasteiger charge is 2.25. The summed E-state index contributed by atoms with van der Waals surface area (Å²) in [5.41, 5.74) is 9.81. The van der Waals surface area contributed by atoms with Gasteiger partial charge in [-0.15, -0.1) is 0 Å². The number of thioether (sulfide) groups is 1. The Morgan fingerprint density at radius 3 is 2.93 bits per heavy atom. The molecule has 2 atom stereocenters. The van der Waals surface area contributed by atoms with E-state index in [9.17, 15) is 0 Å². The third-order valence-electron chi connectivity index (χ3n) is 2.73. The molecule has 0 amide bonds. The van der Waals surface area contributed by atoms with Crippen LogP contribution < -0.4 is 5.73 Å². The third kappa shape index (κ3) is 1.67. The minimum Gasteiger partial charge on any atom is -0.323 e. The molecular formula is C11H14ClNS. The molecule has 1 aromatic rings. The van der Waals surface area contributed by atoms with E-state index in [0.29, 0.717) is 5.25 Å². The van der Waals surface area contributed by atoms with Crippen LogP contribution in [-0.4, -0.2) is 5.25 Å². The quantitative estimate of drug-likeness (QED) is 0.736. The van der Waals surface area contributed by atoms with Crippen molar-refractivity contribution >= 4 is 23.4 Å². The Morgan fingerprint density at radius 2 is 2.21 bits per heavy atom. The van der Waals surface area contributed by atoms with Crippen molar-refractivity contribution in [2.75, 3.05) is 0 Å². The van der Waals surface area contributed by atoms with Gasteiger partial charge in [-0.3, -0.25) is 0 Å². The van der Waals surface area contributed by atoms with Gasteiger partial charge in [0.2, 0.25) is 0 Å². The summed E-state index contributed by atoms with van der Waals surface area (Å²) in [7, 11) is 0. The Labute approximate surface area is 94.0 Å². The first kappa shape index (κ1) is 10.3. The molecule has 0 spiro atoms. The lowest BCUT2D eigenvalue weighted by Gasteiger charge is -2.29. The van der Waals surface area contributed by atoms with Crippen molar-refractivity contribution < 1.29 is 0 Å². The summed E-state index contributed by atoms with van der Waals surface area (Å²) in [6.07, 6.45) is 0. The van der Waals surface area contributed by atoms with Crippen molar-refractivity contribution in [3.8, 4) is 0 Å². The number of fused-ring (bicyclic) bond motifs is 1. The molecule has 1 aliphatic heterocycles. The first-order valence-electron chi connectivity index (χ1n) is 4.75. The molecule has 2 N–H and O–H groups in total. The summed E-state index contributed by atoms with van der Waals surface area (Å²) in [4.78, 5) is 0.